The summed E-state index contributed by atoms with van der Waals surface area (Å²) in [5.41, 5.74) is 2.16. The Morgan fingerprint density at radius 2 is 1.89 bits per heavy atom. The Morgan fingerprint density at radius 1 is 1.15 bits per heavy atom. The maximum atomic E-state index is 12.0. The third-order valence-electron chi connectivity index (χ3n) is 3.73. The highest BCUT2D eigenvalue weighted by Gasteiger charge is 2.15. The molecule has 0 saturated carbocycles. The molecule has 2 heterocycles. The smallest absolute Gasteiger partial charge is 0.277 e. The molecule has 0 fully saturated rings. The number of rotatable bonds is 5. The number of amides is 1. The second kappa shape index (κ2) is 8.10. The average Bonchev–Trinajstić information content (AvgIpc) is 3.10. The topological polar surface area (TPSA) is 80.9 Å². The van der Waals surface area contributed by atoms with Crippen molar-refractivity contribution in [1.29, 1.82) is 0 Å². The first kappa shape index (κ1) is 19.4. The number of benzene rings is 1. The van der Waals surface area contributed by atoms with Crippen LogP contribution in [0, 0.1) is 0 Å². The molecule has 3 rings (SSSR count). The van der Waals surface area contributed by atoms with Gasteiger partial charge in [0.05, 0.1) is 10.8 Å². The van der Waals surface area contributed by atoms with Crippen LogP contribution in [-0.4, -0.2) is 26.8 Å². The number of nitrogens with zero attached hydrogens (tertiary/aromatic N) is 3. The number of halogens is 1. The van der Waals surface area contributed by atoms with E-state index in [1.54, 1.807) is 12.1 Å². The molecule has 27 heavy (non-hydrogen) atoms. The van der Waals surface area contributed by atoms with Crippen molar-refractivity contribution in [2.45, 2.75) is 31.4 Å². The molecule has 6 nitrogen and oxygen atoms in total. The fraction of sp³-hybridized carbons (Fsp3) is 0.263. The number of nitrogens with one attached hydrogen (secondary N) is 1. The first-order chi connectivity index (χ1) is 12.8. The highest BCUT2D eigenvalue weighted by atomic mass is 35.5. The summed E-state index contributed by atoms with van der Waals surface area (Å²) in [4.78, 5) is 16.0. The fourth-order valence-corrected chi connectivity index (χ4v) is 2.93. The lowest BCUT2D eigenvalue weighted by molar-refractivity contribution is -0.113. The van der Waals surface area contributed by atoms with E-state index in [0.29, 0.717) is 22.0 Å². The predicted octanol–water partition coefficient (Wildman–Crippen LogP) is 4.81. The number of anilines is 1. The summed E-state index contributed by atoms with van der Waals surface area (Å²) >= 11 is 6.93. The summed E-state index contributed by atoms with van der Waals surface area (Å²) in [7, 11) is 0. The summed E-state index contributed by atoms with van der Waals surface area (Å²) in [6.45, 7) is 6.48. The molecule has 0 radical (unpaired) electrons. The molecule has 0 aliphatic carbocycles. The van der Waals surface area contributed by atoms with Crippen molar-refractivity contribution in [3.8, 4) is 11.5 Å². The molecule has 1 aromatic carbocycles. The minimum absolute atomic E-state index is 0.0840. The monoisotopic (exact) mass is 402 g/mol. The molecular formula is C19H19ClN4O2S. The van der Waals surface area contributed by atoms with E-state index < -0.39 is 0 Å². The van der Waals surface area contributed by atoms with Gasteiger partial charge in [-0.25, -0.2) is 4.98 Å². The van der Waals surface area contributed by atoms with E-state index in [1.807, 2.05) is 12.1 Å². The maximum absolute atomic E-state index is 12.0. The molecule has 0 saturated heterocycles. The van der Waals surface area contributed by atoms with Crippen LogP contribution >= 0.6 is 23.4 Å². The van der Waals surface area contributed by atoms with Gasteiger partial charge in [0.2, 0.25) is 11.8 Å². The zero-order chi connectivity index (χ0) is 19.4. The largest absolute Gasteiger partial charge is 0.411 e. The van der Waals surface area contributed by atoms with Gasteiger partial charge in [0.25, 0.3) is 5.22 Å². The SMILES string of the molecule is CC(C)(C)c1ccc(-c2nnc(SCC(=O)Nc3ccc(Cl)cn3)o2)cc1. The Bertz CT molecular complexity index is 918. The van der Waals surface area contributed by atoms with E-state index >= 15 is 0 Å². The van der Waals surface area contributed by atoms with Gasteiger partial charge in [-0.1, -0.05) is 56.3 Å². The van der Waals surface area contributed by atoms with E-state index in [1.165, 1.54) is 23.5 Å². The van der Waals surface area contributed by atoms with Crippen molar-refractivity contribution in [2.75, 3.05) is 11.1 Å². The zero-order valence-corrected chi connectivity index (χ0v) is 16.8. The highest BCUT2D eigenvalue weighted by molar-refractivity contribution is 7.99. The molecular weight excluding hydrogens is 384 g/mol. The molecule has 8 heteroatoms. The van der Waals surface area contributed by atoms with Crippen LogP contribution in [0.4, 0.5) is 5.82 Å². The van der Waals surface area contributed by atoms with Crippen LogP contribution in [0.3, 0.4) is 0 Å². The van der Waals surface area contributed by atoms with Gasteiger partial charge in [-0.2, -0.15) is 0 Å². The van der Waals surface area contributed by atoms with Gasteiger partial charge in [-0.3, -0.25) is 4.79 Å². The van der Waals surface area contributed by atoms with Gasteiger partial charge in [0.1, 0.15) is 5.82 Å². The Kier molecular flexibility index (Phi) is 5.82. The van der Waals surface area contributed by atoms with Crippen LogP contribution in [0.2, 0.25) is 5.02 Å². The summed E-state index contributed by atoms with van der Waals surface area (Å²) in [5.74, 6) is 0.784. The average molecular weight is 403 g/mol. The number of hydrogen-bond donors (Lipinski definition) is 1. The number of hydrogen-bond acceptors (Lipinski definition) is 6. The lowest BCUT2D eigenvalue weighted by atomic mass is 9.87. The first-order valence-electron chi connectivity index (χ1n) is 8.30. The van der Waals surface area contributed by atoms with Crippen molar-refractivity contribution in [3.63, 3.8) is 0 Å². The summed E-state index contributed by atoms with van der Waals surface area (Å²) in [6.07, 6.45) is 1.47. The van der Waals surface area contributed by atoms with Crippen LogP contribution in [0.15, 0.2) is 52.2 Å². The van der Waals surface area contributed by atoms with Gasteiger partial charge in [-0.15, -0.1) is 10.2 Å². The van der Waals surface area contributed by atoms with E-state index in [-0.39, 0.29) is 17.1 Å². The minimum Gasteiger partial charge on any atom is -0.411 e. The van der Waals surface area contributed by atoms with E-state index in [0.717, 1.165) is 5.56 Å². The van der Waals surface area contributed by atoms with Crippen molar-refractivity contribution in [2.24, 2.45) is 0 Å². The third kappa shape index (κ3) is 5.30. The van der Waals surface area contributed by atoms with Crippen molar-refractivity contribution >= 4 is 35.1 Å². The van der Waals surface area contributed by atoms with Gasteiger partial charge < -0.3 is 9.73 Å². The number of carbonyl (C=O) groups is 1. The van der Waals surface area contributed by atoms with Crippen LogP contribution < -0.4 is 5.32 Å². The fourth-order valence-electron chi connectivity index (χ4n) is 2.25. The molecule has 0 aliphatic rings. The van der Waals surface area contributed by atoms with E-state index in [4.69, 9.17) is 16.0 Å². The molecule has 0 bridgehead atoms. The van der Waals surface area contributed by atoms with Crippen LogP contribution in [0.1, 0.15) is 26.3 Å². The number of pyridine rings is 1. The Morgan fingerprint density at radius 3 is 2.52 bits per heavy atom. The van der Waals surface area contributed by atoms with Crippen LogP contribution in [-0.2, 0) is 10.2 Å². The third-order valence-corrected chi connectivity index (χ3v) is 4.77. The van der Waals surface area contributed by atoms with Crippen LogP contribution in [0.25, 0.3) is 11.5 Å². The minimum atomic E-state index is -0.218. The highest BCUT2D eigenvalue weighted by Crippen LogP contribution is 2.27. The summed E-state index contributed by atoms with van der Waals surface area (Å²) < 4.78 is 5.64. The van der Waals surface area contributed by atoms with Gasteiger partial charge >= 0.3 is 0 Å². The van der Waals surface area contributed by atoms with Crippen molar-refractivity contribution < 1.29 is 9.21 Å². The van der Waals surface area contributed by atoms with E-state index in [9.17, 15) is 4.79 Å². The number of aromatic nitrogens is 3. The molecule has 0 aliphatic heterocycles. The zero-order valence-electron chi connectivity index (χ0n) is 15.2. The maximum Gasteiger partial charge on any atom is 0.277 e. The number of thioether (sulfide) groups is 1. The Balaban J connectivity index is 1.57. The lowest BCUT2D eigenvalue weighted by Gasteiger charge is -2.18. The van der Waals surface area contributed by atoms with Crippen molar-refractivity contribution in [1.82, 2.24) is 15.2 Å². The van der Waals surface area contributed by atoms with Gasteiger partial charge in [-0.05, 0) is 35.2 Å². The van der Waals surface area contributed by atoms with E-state index in [2.05, 4.69) is 53.4 Å². The molecule has 0 spiro atoms. The quantitative estimate of drug-likeness (QED) is 0.616. The normalized spacial score (nSPS) is 11.4. The first-order valence-corrected chi connectivity index (χ1v) is 9.66. The second-order valence-electron chi connectivity index (χ2n) is 6.90. The summed E-state index contributed by atoms with van der Waals surface area (Å²) in [5, 5.41) is 11.6. The predicted molar refractivity (Wildman–Crippen MR) is 107 cm³/mol. The summed E-state index contributed by atoms with van der Waals surface area (Å²) in [6, 6.07) is 11.3. The Hall–Kier alpha value is -2.38. The van der Waals surface area contributed by atoms with Crippen molar-refractivity contribution in [3.05, 3.63) is 53.2 Å². The molecule has 1 amide bonds. The lowest BCUT2D eigenvalue weighted by Crippen LogP contribution is -2.14. The number of carbonyl (C=O) groups excluding carboxylic acids is 1. The Labute approximate surface area is 166 Å². The van der Waals surface area contributed by atoms with Gasteiger partial charge in [0, 0.05) is 11.8 Å². The molecule has 0 unspecified atom stereocenters. The van der Waals surface area contributed by atoms with Crippen LogP contribution in [0.5, 0.6) is 0 Å². The molecule has 140 valence electrons. The molecule has 2 aromatic heterocycles. The molecule has 0 atom stereocenters. The molecule has 3 aromatic rings. The molecule has 1 N–H and O–H groups in total. The standard InChI is InChI=1S/C19H19ClN4O2S/c1-19(2,3)13-6-4-12(5-7-13)17-23-24-18(26-17)27-11-16(25)22-15-9-8-14(20)10-21-15/h4-10H,11H2,1-3H3,(H,21,22,25). The van der Waals surface area contributed by atoms with Gasteiger partial charge in [0.15, 0.2) is 0 Å². The second-order valence-corrected chi connectivity index (χ2v) is 8.26.